The molecule has 0 fully saturated rings. The van der Waals surface area contributed by atoms with E-state index in [0.29, 0.717) is 15.3 Å². The molecule has 4 aromatic rings. The molecule has 2 aromatic heterocycles. The van der Waals surface area contributed by atoms with Crippen LogP contribution in [0.15, 0.2) is 57.8 Å². The van der Waals surface area contributed by atoms with E-state index in [1.807, 2.05) is 30.3 Å². The summed E-state index contributed by atoms with van der Waals surface area (Å²) in [6, 6.07) is 13.8. The van der Waals surface area contributed by atoms with Crippen LogP contribution in [0.5, 0.6) is 0 Å². The predicted molar refractivity (Wildman–Crippen MR) is 105 cm³/mol. The Morgan fingerprint density at radius 3 is 2.58 bits per heavy atom. The fraction of sp³-hybridized carbons (Fsp3) is 0. The highest BCUT2D eigenvalue weighted by Gasteiger charge is 2.09. The number of hydrogen-bond donors (Lipinski definition) is 0. The number of fused-ring (bicyclic) bond motifs is 1. The Morgan fingerprint density at radius 1 is 1.08 bits per heavy atom. The van der Waals surface area contributed by atoms with Gasteiger partial charge in [-0.3, -0.25) is 4.79 Å². The van der Waals surface area contributed by atoms with Gasteiger partial charge >= 0.3 is 0 Å². The van der Waals surface area contributed by atoms with E-state index in [4.69, 9.17) is 0 Å². The summed E-state index contributed by atoms with van der Waals surface area (Å²) in [5.41, 5.74) is 1.55. The maximum atomic E-state index is 12.9. The molecule has 0 bridgehead atoms. The minimum absolute atomic E-state index is 0.199. The van der Waals surface area contributed by atoms with E-state index in [-0.39, 0.29) is 11.4 Å². The van der Waals surface area contributed by atoms with E-state index in [2.05, 4.69) is 26.0 Å². The topological polar surface area (TPSA) is 47.3 Å². The van der Waals surface area contributed by atoms with E-state index in [1.54, 1.807) is 24.3 Å². The van der Waals surface area contributed by atoms with Crippen molar-refractivity contribution in [2.75, 3.05) is 0 Å². The van der Waals surface area contributed by atoms with Gasteiger partial charge < -0.3 is 0 Å². The summed E-state index contributed by atoms with van der Waals surface area (Å²) in [5, 5.41) is 4.24. The molecular weight excluding hydrogens is 417 g/mol. The second-order valence-corrected chi connectivity index (χ2v) is 7.35. The van der Waals surface area contributed by atoms with E-state index in [9.17, 15) is 9.18 Å². The average molecular weight is 428 g/mol. The monoisotopic (exact) mass is 427 g/mol. The van der Waals surface area contributed by atoms with Crippen LogP contribution in [0.25, 0.3) is 23.2 Å². The lowest BCUT2D eigenvalue weighted by atomic mass is 10.2. The van der Waals surface area contributed by atoms with Gasteiger partial charge in [-0.15, -0.1) is 5.10 Å². The Balaban J connectivity index is 1.69. The van der Waals surface area contributed by atoms with Crippen LogP contribution in [-0.4, -0.2) is 14.6 Å². The van der Waals surface area contributed by atoms with Gasteiger partial charge in [0, 0.05) is 4.47 Å². The van der Waals surface area contributed by atoms with Crippen molar-refractivity contribution >= 4 is 50.5 Å². The third-order valence-corrected chi connectivity index (χ3v) is 5.37. The summed E-state index contributed by atoms with van der Waals surface area (Å²) in [7, 11) is 0. The zero-order valence-corrected chi connectivity index (χ0v) is 15.7. The van der Waals surface area contributed by atoms with Gasteiger partial charge in [-0.05, 0) is 41.5 Å². The maximum Gasteiger partial charge on any atom is 0.291 e. The Hall–Kier alpha value is -2.64. The molecule has 0 saturated carbocycles. The van der Waals surface area contributed by atoms with E-state index >= 15 is 0 Å². The molecule has 0 radical (unpaired) electrons. The summed E-state index contributed by atoms with van der Waals surface area (Å²) < 4.78 is 15.7. The van der Waals surface area contributed by atoms with Crippen molar-refractivity contribution in [3.05, 3.63) is 90.7 Å². The van der Waals surface area contributed by atoms with Gasteiger partial charge in [-0.2, -0.15) is 9.50 Å². The zero-order valence-electron chi connectivity index (χ0n) is 13.3. The first kappa shape index (κ1) is 16.8. The summed E-state index contributed by atoms with van der Waals surface area (Å²) in [5.74, 6) is 0.151. The normalized spacial score (nSPS) is 12.5. The third kappa shape index (κ3) is 3.36. The number of benzene rings is 2. The van der Waals surface area contributed by atoms with E-state index < -0.39 is 0 Å². The molecule has 0 unspecified atom stereocenters. The molecular formula is C19H11BrFN3OS. The lowest BCUT2D eigenvalue weighted by Crippen LogP contribution is -2.23. The Labute approximate surface area is 160 Å². The number of nitrogens with zero attached hydrogens (tertiary/aromatic N) is 3. The number of aromatic nitrogens is 3. The Morgan fingerprint density at radius 2 is 1.85 bits per heavy atom. The first-order chi connectivity index (χ1) is 12.6. The van der Waals surface area contributed by atoms with Gasteiger partial charge in [-0.25, -0.2) is 4.39 Å². The molecule has 4 rings (SSSR count). The molecule has 2 aromatic carbocycles. The minimum Gasteiger partial charge on any atom is -0.266 e. The van der Waals surface area contributed by atoms with Gasteiger partial charge in [-0.1, -0.05) is 63.7 Å². The molecule has 0 aliphatic rings. The molecule has 128 valence electrons. The van der Waals surface area contributed by atoms with Crippen LogP contribution in [-0.2, 0) is 0 Å². The van der Waals surface area contributed by atoms with Crippen LogP contribution in [0.2, 0.25) is 0 Å². The van der Waals surface area contributed by atoms with Gasteiger partial charge in [0.15, 0.2) is 5.82 Å². The molecule has 0 spiro atoms. The van der Waals surface area contributed by atoms with Crippen LogP contribution in [0, 0.1) is 5.82 Å². The van der Waals surface area contributed by atoms with Gasteiger partial charge in [0.1, 0.15) is 5.82 Å². The number of hydrogen-bond acceptors (Lipinski definition) is 4. The molecule has 7 heteroatoms. The number of halogens is 2. The van der Waals surface area contributed by atoms with Crippen molar-refractivity contribution in [3.8, 4) is 0 Å². The lowest BCUT2D eigenvalue weighted by Gasteiger charge is -1.94. The Kier molecular flexibility index (Phi) is 4.48. The van der Waals surface area contributed by atoms with Crippen LogP contribution < -0.4 is 10.1 Å². The molecule has 4 nitrogen and oxygen atoms in total. The summed E-state index contributed by atoms with van der Waals surface area (Å²) in [4.78, 5) is 17.4. The second kappa shape index (κ2) is 6.93. The third-order valence-electron chi connectivity index (χ3n) is 3.68. The standard InChI is InChI=1S/C19H11BrFN3OS/c20-15-4-2-1-3-13(15)11-16-18(25)24-19(26-16)22-17(23-24)10-7-12-5-8-14(21)9-6-12/h1-11H. The van der Waals surface area contributed by atoms with Crippen molar-refractivity contribution < 1.29 is 4.39 Å². The molecule has 0 N–H and O–H groups in total. The molecule has 0 saturated heterocycles. The van der Waals surface area contributed by atoms with Crippen LogP contribution in [0.3, 0.4) is 0 Å². The van der Waals surface area contributed by atoms with Crippen molar-refractivity contribution in [2.24, 2.45) is 0 Å². The predicted octanol–water partition coefficient (Wildman–Crippen LogP) is 3.77. The summed E-state index contributed by atoms with van der Waals surface area (Å²) >= 11 is 4.76. The van der Waals surface area contributed by atoms with Crippen LogP contribution in [0.1, 0.15) is 17.0 Å². The minimum atomic E-state index is -0.285. The first-order valence-corrected chi connectivity index (χ1v) is 9.30. The number of thiazole rings is 1. The van der Waals surface area contributed by atoms with E-state index in [1.165, 1.54) is 28.0 Å². The highest BCUT2D eigenvalue weighted by molar-refractivity contribution is 9.10. The average Bonchev–Trinajstić information content (AvgIpc) is 3.16. The SMILES string of the molecule is O=c1c(=Cc2ccccc2Br)sc2nc(C=Cc3ccc(F)cc3)nn12. The molecule has 2 heterocycles. The molecule has 0 atom stereocenters. The molecule has 26 heavy (non-hydrogen) atoms. The molecule has 0 aliphatic carbocycles. The summed E-state index contributed by atoms with van der Waals surface area (Å²) in [6.07, 6.45) is 5.29. The molecule has 0 aliphatic heterocycles. The first-order valence-electron chi connectivity index (χ1n) is 7.70. The highest BCUT2D eigenvalue weighted by atomic mass is 79.9. The maximum absolute atomic E-state index is 12.9. The second-order valence-electron chi connectivity index (χ2n) is 5.49. The zero-order chi connectivity index (χ0) is 18.1. The van der Waals surface area contributed by atoms with Crippen LogP contribution >= 0.6 is 27.3 Å². The summed E-state index contributed by atoms with van der Waals surface area (Å²) in [6.45, 7) is 0. The fourth-order valence-corrected chi connectivity index (χ4v) is 3.70. The quantitative estimate of drug-likeness (QED) is 0.499. The molecule has 0 amide bonds. The van der Waals surface area contributed by atoms with Crippen molar-refractivity contribution in [1.82, 2.24) is 14.6 Å². The van der Waals surface area contributed by atoms with Crippen molar-refractivity contribution in [2.45, 2.75) is 0 Å². The Bertz CT molecular complexity index is 1230. The van der Waals surface area contributed by atoms with Crippen LogP contribution in [0.4, 0.5) is 4.39 Å². The largest absolute Gasteiger partial charge is 0.291 e. The van der Waals surface area contributed by atoms with Gasteiger partial charge in [0.25, 0.3) is 5.56 Å². The van der Waals surface area contributed by atoms with Gasteiger partial charge in [0.2, 0.25) is 4.96 Å². The number of rotatable bonds is 3. The van der Waals surface area contributed by atoms with Crippen molar-refractivity contribution in [3.63, 3.8) is 0 Å². The fourth-order valence-electron chi connectivity index (χ4n) is 2.40. The smallest absolute Gasteiger partial charge is 0.266 e. The van der Waals surface area contributed by atoms with Gasteiger partial charge in [0.05, 0.1) is 4.53 Å². The van der Waals surface area contributed by atoms with Crippen molar-refractivity contribution in [1.29, 1.82) is 0 Å². The highest BCUT2D eigenvalue weighted by Crippen LogP contribution is 2.16. The van der Waals surface area contributed by atoms with E-state index in [0.717, 1.165) is 15.6 Å². The lowest BCUT2D eigenvalue weighted by molar-refractivity contribution is 0.628.